The molecule has 0 radical (unpaired) electrons. The van der Waals surface area contributed by atoms with Gasteiger partial charge in [0.25, 0.3) is 0 Å². The van der Waals surface area contributed by atoms with Gasteiger partial charge in [0.2, 0.25) is 5.91 Å². The third kappa shape index (κ3) is 4.77. The summed E-state index contributed by atoms with van der Waals surface area (Å²) in [5.41, 5.74) is 0.905. The molecule has 11 heteroatoms. The van der Waals surface area contributed by atoms with E-state index in [1.165, 1.54) is 0 Å². The molecule has 1 fully saturated rings. The predicted molar refractivity (Wildman–Crippen MR) is 111 cm³/mol. The zero-order chi connectivity index (χ0) is 21.5. The third-order valence-corrected chi connectivity index (χ3v) is 5.81. The molecule has 158 valence electrons. The number of benzene rings is 1. The summed E-state index contributed by atoms with van der Waals surface area (Å²) in [5, 5.41) is 10.6. The van der Waals surface area contributed by atoms with Crippen molar-refractivity contribution in [2.45, 2.75) is 38.0 Å². The van der Waals surface area contributed by atoms with Crippen molar-refractivity contribution in [2.75, 3.05) is 5.32 Å². The molecule has 0 spiro atoms. The van der Waals surface area contributed by atoms with Crippen LogP contribution in [0.1, 0.15) is 35.7 Å². The van der Waals surface area contributed by atoms with Crippen LogP contribution in [0.15, 0.2) is 45.6 Å². The fraction of sp³-hybridized carbons (Fsp3) is 0.316. The van der Waals surface area contributed by atoms with Crippen molar-refractivity contribution in [3.8, 4) is 0 Å². The molecule has 6 nitrogen and oxygen atoms in total. The first-order chi connectivity index (χ1) is 14.2. The predicted octanol–water partition coefficient (Wildman–Crippen LogP) is 5.19. The van der Waals surface area contributed by atoms with Gasteiger partial charge in [0.05, 0.1) is 27.4 Å². The molecular weight excluding hydrogens is 531 g/mol. The topological polar surface area (TPSA) is 64.7 Å². The van der Waals surface area contributed by atoms with Gasteiger partial charge in [0.15, 0.2) is 5.69 Å². The smallest absolute Gasteiger partial charge is 0.324 e. The summed E-state index contributed by atoms with van der Waals surface area (Å²) >= 11 is 6.37. The molecule has 1 aliphatic carbocycles. The molecular formula is C19H16Br2F3N5O. The van der Waals surface area contributed by atoms with Crippen LogP contribution in [0.2, 0.25) is 0 Å². The van der Waals surface area contributed by atoms with Crippen LogP contribution in [-0.4, -0.2) is 25.5 Å². The number of anilines is 1. The molecule has 2 heterocycles. The lowest BCUT2D eigenvalue weighted by molar-refractivity contribution is -0.142. The Labute approximate surface area is 186 Å². The van der Waals surface area contributed by atoms with E-state index >= 15 is 0 Å². The van der Waals surface area contributed by atoms with E-state index in [9.17, 15) is 18.0 Å². The Kier molecular flexibility index (Phi) is 5.75. The molecule has 1 aliphatic rings. The van der Waals surface area contributed by atoms with Crippen molar-refractivity contribution in [1.82, 2.24) is 19.6 Å². The summed E-state index contributed by atoms with van der Waals surface area (Å²) in [6.07, 6.45) is 0.503. The van der Waals surface area contributed by atoms with Crippen LogP contribution >= 0.6 is 31.9 Å². The third-order valence-electron chi connectivity index (χ3n) is 4.61. The van der Waals surface area contributed by atoms with Crippen molar-refractivity contribution in [2.24, 2.45) is 0 Å². The van der Waals surface area contributed by atoms with Crippen LogP contribution in [0.4, 0.5) is 18.9 Å². The minimum atomic E-state index is -4.58. The Morgan fingerprint density at radius 1 is 1.27 bits per heavy atom. The minimum Gasteiger partial charge on any atom is -0.324 e. The van der Waals surface area contributed by atoms with Gasteiger partial charge in [0.1, 0.15) is 6.54 Å². The number of carbonyl (C=O) groups excluding carboxylic acids is 1. The van der Waals surface area contributed by atoms with E-state index < -0.39 is 17.8 Å². The lowest BCUT2D eigenvalue weighted by atomic mass is 10.2. The van der Waals surface area contributed by atoms with Gasteiger partial charge in [-0.25, -0.2) is 0 Å². The minimum absolute atomic E-state index is 0.00695. The zero-order valence-electron chi connectivity index (χ0n) is 15.5. The molecule has 1 N–H and O–H groups in total. The molecule has 0 saturated heterocycles. The van der Waals surface area contributed by atoms with E-state index in [0.29, 0.717) is 17.9 Å². The Bertz CT molecular complexity index is 1090. The van der Waals surface area contributed by atoms with Crippen LogP contribution in [0.5, 0.6) is 0 Å². The fourth-order valence-corrected chi connectivity index (χ4v) is 4.36. The van der Waals surface area contributed by atoms with Gasteiger partial charge in [-0.1, -0.05) is 12.1 Å². The number of hydrogen-bond acceptors (Lipinski definition) is 3. The molecule has 0 unspecified atom stereocenters. The average Bonchev–Trinajstić information content (AvgIpc) is 3.31. The number of alkyl halides is 3. The molecule has 2 aromatic heterocycles. The molecule has 1 saturated carbocycles. The maximum atomic E-state index is 13.2. The van der Waals surface area contributed by atoms with Crippen molar-refractivity contribution >= 4 is 43.5 Å². The van der Waals surface area contributed by atoms with Crippen molar-refractivity contribution in [3.05, 3.63) is 62.6 Å². The first kappa shape index (κ1) is 21.1. The standard InChI is InChI=1S/C19H16Br2F3N5O/c20-13-7-25-28(9-13)8-11-2-1-3-14(6-11)26-15(30)10-29-17(12-4-5-12)16(21)18(27-29)19(22,23)24/h1-3,6-7,9,12H,4-5,8,10H2,(H,26,30). The summed E-state index contributed by atoms with van der Waals surface area (Å²) in [5.74, 6) is -0.452. The number of rotatable bonds is 6. The number of nitrogens with one attached hydrogen (secondary N) is 1. The summed E-state index contributed by atoms with van der Waals surface area (Å²) < 4.78 is 43.3. The number of amides is 1. The van der Waals surface area contributed by atoms with E-state index in [-0.39, 0.29) is 16.9 Å². The van der Waals surface area contributed by atoms with Crippen molar-refractivity contribution in [3.63, 3.8) is 0 Å². The van der Waals surface area contributed by atoms with Crippen molar-refractivity contribution < 1.29 is 18.0 Å². The summed E-state index contributed by atoms with van der Waals surface area (Å²) in [7, 11) is 0. The molecule has 1 amide bonds. The zero-order valence-corrected chi connectivity index (χ0v) is 18.6. The number of aromatic nitrogens is 4. The second-order valence-corrected chi connectivity index (χ2v) is 8.79. The summed E-state index contributed by atoms with van der Waals surface area (Å²) in [4.78, 5) is 12.5. The highest BCUT2D eigenvalue weighted by atomic mass is 79.9. The highest BCUT2D eigenvalue weighted by Gasteiger charge is 2.41. The van der Waals surface area contributed by atoms with Crippen molar-refractivity contribution in [1.29, 1.82) is 0 Å². The SMILES string of the molecule is O=C(Cn1nc(C(F)(F)F)c(Br)c1C1CC1)Nc1cccc(Cn2cc(Br)cn2)c1. The molecule has 3 aromatic rings. The Morgan fingerprint density at radius 2 is 2.03 bits per heavy atom. The van der Waals surface area contributed by atoms with Crippen LogP contribution in [0.3, 0.4) is 0 Å². The second-order valence-electron chi connectivity index (χ2n) is 7.08. The van der Waals surface area contributed by atoms with E-state index in [2.05, 4.69) is 47.4 Å². The average molecular weight is 547 g/mol. The molecule has 30 heavy (non-hydrogen) atoms. The Balaban J connectivity index is 1.48. The van der Waals surface area contributed by atoms with Crippen LogP contribution in [0, 0.1) is 0 Å². The van der Waals surface area contributed by atoms with Crippen LogP contribution < -0.4 is 5.32 Å². The maximum absolute atomic E-state index is 13.2. The lowest BCUT2D eigenvalue weighted by Crippen LogP contribution is -2.21. The molecule has 0 bridgehead atoms. The summed E-state index contributed by atoms with van der Waals surface area (Å²) in [6, 6.07) is 7.22. The maximum Gasteiger partial charge on any atom is 0.436 e. The first-order valence-corrected chi connectivity index (χ1v) is 10.7. The van der Waals surface area contributed by atoms with Gasteiger partial charge >= 0.3 is 6.18 Å². The molecule has 1 aromatic carbocycles. The number of hydrogen-bond donors (Lipinski definition) is 1. The fourth-order valence-electron chi connectivity index (χ4n) is 3.20. The van der Waals surface area contributed by atoms with Crippen LogP contribution in [0.25, 0.3) is 0 Å². The van der Waals surface area contributed by atoms with Gasteiger partial charge < -0.3 is 5.32 Å². The Hall–Kier alpha value is -2.14. The van der Waals surface area contributed by atoms with E-state index in [0.717, 1.165) is 27.6 Å². The highest BCUT2D eigenvalue weighted by molar-refractivity contribution is 9.10. The van der Waals surface area contributed by atoms with Gasteiger partial charge in [-0.3, -0.25) is 14.2 Å². The highest BCUT2D eigenvalue weighted by Crippen LogP contribution is 2.46. The van der Waals surface area contributed by atoms with Crippen LogP contribution in [-0.2, 0) is 24.1 Å². The molecule has 0 atom stereocenters. The molecule has 4 rings (SSSR count). The normalized spacial score (nSPS) is 14.2. The van der Waals surface area contributed by atoms with Gasteiger partial charge in [-0.15, -0.1) is 0 Å². The quantitative estimate of drug-likeness (QED) is 0.463. The first-order valence-electron chi connectivity index (χ1n) is 9.11. The van der Waals surface area contributed by atoms with E-state index in [1.54, 1.807) is 29.1 Å². The van der Waals surface area contributed by atoms with E-state index in [4.69, 9.17) is 0 Å². The van der Waals surface area contributed by atoms with Gasteiger partial charge in [0, 0.05) is 17.8 Å². The Morgan fingerprint density at radius 3 is 2.67 bits per heavy atom. The monoisotopic (exact) mass is 545 g/mol. The summed E-state index contributed by atoms with van der Waals surface area (Å²) in [6.45, 7) is 0.221. The van der Waals surface area contributed by atoms with Gasteiger partial charge in [-0.05, 0) is 62.4 Å². The van der Waals surface area contributed by atoms with Gasteiger partial charge in [-0.2, -0.15) is 23.4 Å². The number of halogens is 5. The lowest BCUT2D eigenvalue weighted by Gasteiger charge is -2.10. The van der Waals surface area contributed by atoms with E-state index in [1.807, 2.05) is 12.3 Å². The number of nitrogens with zero attached hydrogens (tertiary/aromatic N) is 4. The largest absolute Gasteiger partial charge is 0.436 e. The second kappa shape index (κ2) is 8.18. The molecule has 0 aliphatic heterocycles. The number of carbonyl (C=O) groups is 1.